The second-order valence-corrected chi connectivity index (χ2v) is 5.84. The maximum Gasteiger partial charge on any atom is 0.0603 e. The van der Waals surface area contributed by atoms with Crippen LogP contribution in [0, 0.1) is 5.92 Å². The first-order valence-electron chi connectivity index (χ1n) is 7.12. The van der Waals surface area contributed by atoms with Crippen molar-refractivity contribution in [2.24, 2.45) is 5.92 Å². The Morgan fingerprint density at radius 1 is 1.24 bits per heavy atom. The molecule has 1 saturated heterocycles. The second kappa shape index (κ2) is 8.06. The smallest absolute Gasteiger partial charge is 0.0603 e. The van der Waals surface area contributed by atoms with Crippen molar-refractivity contribution in [3.05, 3.63) is 0 Å². The predicted octanol–water partition coefficient (Wildman–Crippen LogP) is 2.12. The van der Waals surface area contributed by atoms with Crippen LogP contribution in [0.25, 0.3) is 0 Å². The molecule has 0 amide bonds. The number of likely N-dealkylation sites (tertiary alicyclic amines) is 1. The molecule has 102 valence electrons. The zero-order valence-electron chi connectivity index (χ0n) is 12.0. The maximum absolute atomic E-state index is 6.08. The van der Waals surface area contributed by atoms with Crippen LogP contribution in [0.4, 0.5) is 0 Å². The molecule has 0 bridgehead atoms. The minimum absolute atomic E-state index is 0.392. The van der Waals surface area contributed by atoms with E-state index in [2.05, 4.69) is 38.0 Å². The van der Waals surface area contributed by atoms with E-state index in [-0.39, 0.29) is 0 Å². The monoisotopic (exact) mass is 242 g/mol. The predicted molar refractivity (Wildman–Crippen MR) is 73.4 cm³/mol. The Hall–Kier alpha value is -0.120. The number of hydrogen-bond acceptors (Lipinski definition) is 3. The highest BCUT2D eigenvalue weighted by Crippen LogP contribution is 2.14. The second-order valence-electron chi connectivity index (χ2n) is 5.84. The van der Waals surface area contributed by atoms with Gasteiger partial charge in [-0.1, -0.05) is 13.8 Å². The highest BCUT2D eigenvalue weighted by molar-refractivity contribution is 4.71. The van der Waals surface area contributed by atoms with Crippen LogP contribution >= 0.6 is 0 Å². The minimum Gasteiger partial charge on any atom is -0.375 e. The molecule has 1 unspecified atom stereocenters. The summed E-state index contributed by atoms with van der Waals surface area (Å²) in [5.41, 5.74) is 0. The van der Waals surface area contributed by atoms with Crippen LogP contribution in [0.3, 0.4) is 0 Å². The molecule has 0 aromatic rings. The Morgan fingerprint density at radius 2 is 1.88 bits per heavy atom. The Morgan fingerprint density at radius 3 is 2.47 bits per heavy atom. The molecule has 1 aliphatic rings. The first-order chi connectivity index (χ1) is 8.08. The van der Waals surface area contributed by atoms with Gasteiger partial charge in [0.25, 0.3) is 0 Å². The van der Waals surface area contributed by atoms with Crippen LogP contribution in [0.15, 0.2) is 0 Å². The molecule has 0 radical (unpaired) electrons. The van der Waals surface area contributed by atoms with Crippen LogP contribution in [0.2, 0.25) is 0 Å². The van der Waals surface area contributed by atoms with Crippen LogP contribution in [-0.2, 0) is 4.74 Å². The summed E-state index contributed by atoms with van der Waals surface area (Å²) >= 11 is 0. The molecule has 1 fully saturated rings. The maximum atomic E-state index is 6.08. The molecule has 0 aromatic carbocycles. The van der Waals surface area contributed by atoms with Crippen molar-refractivity contribution in [1.29, 1.82) is 0 Å². The Balaban J connectivity index is 2.02. The van der Waals surface area contributed by atoms with Crippen molar-refractivity contribution in [3.63, 3.8) is 0 Å². The quantitative estimate of drug-likeness (QED) is 0.692. The van der Waals surface area contributed by atoms with E-state index in [9.17, 15) is 0 Å². The zero-order valence-corrected chi connectivity index (χ0v) is 12.0. The molecule has 1 heterocycles. The summed E-state index contributed by atoms with van der Waals surface area (Å²) in [7, 11) is 2.19. The van der Waals surface area contributed by atoms with Gasteiger partial charge in [0.2, 0.25) is 0 Å². The minimum atomic E-state index is 0.392. The molecule has 3 nitrogen and oxygen atoms in total. The fourth-order valence-corrected chi connectivity index (χ4v) is 2.21. The number of rotatable bonds is 7. The van der Waals surface area contributed by atoms with E-state index in [1.54, 1.807) is 0 Å². The molecule has 0 saturated carbocycles. The van der Waals surface area contributed by atoms with E-state index in [4.69, 9.17) is 4.74 Å². The molecular formula is C14H30N2O. The van der Waals surface area contributed by atoms with Gasteiger partial charge in [-0.15, -0.1) is 0 Å². The largest absolute Gasteiger partial charge is 0.375 e. The molecule has 0 spiro atoms. The van der Waals surface area contributed by atoms with E-state index in [0.717, 1.165) is 25.4 Å². The van der Waals surface area contributed by atoms with Gasteiger partial charge < -0.3 is 15.0 Å². The van der Waals surface area contributed by atoms with Gasteiger partial charge in [0.1, 0.15) is 0 Å². The lowest BCUT2D eigenvalue weighted by Gasteiger charge is -2.31. The highest BCUT2D eigenvalue weighted by atomic mass is 16.5. The summed E-state index contributed by atoms with van der Waals surface area (Å²) in [4.78, 5) is 2.38. The van der Waals surface area contributed by atoms with Crippen molar-refractivity contribution >= 4 is 0 Å². The summed E-state index contributed by atoms with van der Waals surface area (Å²) in [6, 6.07) is 0. The van der Waals surface area contributed by atoms with Gasteiger partial charge in [-0.25, -0.2) is 0 Å². The van der Waals surface area contributed by atoms with Gasteiger partial charge in [0.15, 0.2) is 0 Å². The summed E-state index contributed by atoms with van der Waals surface area (Å²) < 4.78 is 6.08. The molecule has 17 heavy (non-hydrogen) atoms. The van der Waals surface area contributed by atoms with Crippen LogP contribution in [0.5, 0.6) is 0 Å². The zero-order chi connectivity index (χ0) is 12.7. The number of ether oxygens (including phenoxy) is 1. The summed E-state index contributed by atoms with van der Waals surface area (Å²) in [5, 5.41) is 3.47. The number of nitrogens with zero attached hydrogens (tertiary/aromatic N) is 1. The summed E-state index contributed by atoms with van der Waals surface area (Å²) in [6.07, 6.45) is 4.40. The molecule has 1 rings (SSSR count). The first kappa shape index (κ1) is 14.9. The van der Waals surface area contributed by atoms with E-state index in [1.165, 1.54) is 25.9 Å². The Bertz CT molecular complexity index is 189. The standard InChI is InChI=1S/C14H30N2O/c1-12(2)11-15-8-5-13(3)17-14-6-9-16(4)10-7-14/h12-15H,5-11H2,1-4H3. The van der Waals surface area contributed by atoms with Crippen molar-refractivity contribution in [1.82, 2.24) is 10.2 Å². The van der Waals surface area contributed by atoms with Gasteiger partial charge in [-0.05, 0) is 52.2 Å². The molecular weight excluding hydrogens is 212 g/mol. The molecule has 1 atom stereocenters. The number of piperidine rings is 1. The van der Waals surface area contributed by atoms with E-state index >= 15 is 0 Å². The topological polar surface area (TPSA) is 24.5 Å². The summed E-state index contributed by atoms with van der Waals surface area (Å²) in [6.45, 7) is 11.2. The Labute approximate surface area is 107 Å². The number of nitrogens with one attached hydrogen (secondary N) is 1. The van der Waals surface area contributed by atoms with E-state index < -0.39 is 0 Å². The lowest BCUT2D eigenvalue weighted by Crippen LogP contribution is -2.36. The van der Waals surface area contributed by atoms with Gasteiger partial charge in [0, 0.05) is 13.1 Å². The average Bonchev–Trinajstić information content (AvgIpc) is 2.27. The van der Waals surface area contributed by atoms with E-state index in [0.29, 0.717) is 12.2 Å². The van der Waals surface area contributed by atoms with Gasteiger partial charge >= 0.3 is 0 Å². The van der Waals surface area contributed by atoms with Crippen molar-refractivity contribution in [3.8, 4) is 0 Å². The molecule has 0 aromatic heterocycles. The third kappa shape index (κ3) is 7.02. The summed E-state index contributed by atoms with van der Waals surface area (Å²) in [5.74, 6) is 0.736. The highest BCUT2D eigenvalue weighted by Gasteiger charge is 2.18. The molecule has 3 heteroatoms. The van der Waals surface area contributed by atoms with Crippen molar-refractivity contribution in [2.45, 2.75) is 52.2 Å². The molecule has 1 aliphatic heterocycles. The normalized spacial score (nSPS) is 21.0. The Kier molecular flexibility index (Phi) is 7.09. The van der Waals surface area contributed by atoms with E-state index in [1.807, 2.05) is 0 Å². The fourth-order valence-electron chi connectivity index (χ4n) is 2.21. The van der Waals surface area contributed by atoms with Crippen molar-refractivity contribution in [2.75, 3.05) is 33.2 Å². The van der Waals surface area contributed by atoms with Crippen LogP contribution < -0.4 is 5.32 Å². The fraction of sp³-hybridized carbons (Fsp3) is 1.00. The first-order valence-corrected chi connectivity index (χ1v) is 7.12. The van der Waals surface area contributed by atoms with Gasteiger partial charge in [-0.2, -0.15) is 0 Å². The lowest BCUT2D eigenvalue weighted by molar-refractivity contribution is -0.0341. The van der Waals surface area contributed by atoms with Gasteiger partial charge in [-0.3, -0.25) is 0 Å². The van der Waals surface area contributed by atoms with Crippen LogP contribution in [-0.4, -0.2) is 50.3 Å². The number of hydrogen-bond donors (Lipinski definition) is 1. The van der Waals surface area contributed by atoms with Crippen LogP contribution in [0.1, 0.15) is 40.0 Å². The van der Waals surface area contributed by atoms with Crippen molar-refractivity contribution < 1.29 is 4.74 Å². The SMILES string of the molecule is CC(C)CNCCC(C)OC1CCN(C)CC1. The lowest BCUT2D eigenvalue weighted by atomic mass is 10.1. The van der Waals surface area contributed by atoms with Gasteiger partial charge in [0.05, 0.1) is 12.2 Å². The third-order valence-corrected chi connectivity index (χ3v) is 3.37. The average molecular weight is 242 g/mol. The molecule has 1 N–H and O–H groups in total. The third-order valence-electron chi connectivity index (χ3n) is 3.37. The molecule has 0 aliphatic carbocycles.